The van der Waals surface area contributed by atoms with Gasteiger partial charge in [0, 0.05) is 19.0 Å². The van der Waals surface area contributed by atoms with Crippen LogP contribution in [0.1, 0.15) is 6.42 Å². The highest BCUT2D eigenvalue weighted by molar-refractivity contribution is 6.00. The summed E-state index contributed by atoms with van der Waals surface area (Å²) in [5.74, 6) is 0.526. The van der Waals surface area contributed by atoms with Crippen molar-refractivity contribution in [1.29, 1.82) is 0 Å². The monoisotopic (exact) mass is 290 g/mol. The third kappa shape index (κ3) is 5.21. The molecule has 1 fully saturated rings. The number of carbonyl (C=O) groups is 1. The van der Waals surface area contributed by atoms with E-state index in [4.69, 9.17) is 9.47 Å². The molecule has 1 N–H and O–H groups in total. The normalized spacial score (nSPS) is 18.3. The Morgan fingerprint density at radius 2 is 2.29 bits per heavy atom. The molecule has 1 atom stereocenters. The molecular weight excluding hydrogens is 268 g/mol. The topological polar surface area (TPSA) is 50.8 Å². The van der Waals surface area contributed by atoms with Gasteiger partial charge in [0.25, 0.3) is 0 Å². The van der Waals surface area contributed by atoms with E-state index >= 15 is 0 Å². The minimum atomic E-state index is -0.157. The van der Waals surface area contributed by atoms with E-state index in [1.54, 1.807) is 0 Å². The lowest BCUT2D eigenvalue weighted by atomic mass is 10.2. The molecule has 5 nitrogen and oxygen atoms in total. The van der Waals surface area contributed by atoms with E-state index < -0.39 is 0 Å². The van der Waals surface area contributed by atoms with Crippen molar-refractivity contribution in [1.82, 2.24) is 4.90 Å². The van der Waals surface area contributed by atoms with E-state index in [0.717, 1.165) is 19.6 Å². The third-order valence-corrected chi connectivity index (χ3v) is 3.07. The number of amides is 1. The molecule has 0 radical (unpaired) electrons. The van der Waals surface area contributed by atoms with E-state index in [1.807, 2.05) is 49.3 Å². The zero-order valence-corrected chi connectivity index (χ0v) is 12.5. The molecule has 1 amide bonds. The summed E-state index contributed by atoms with van der Waals surface area (Å²) in [6.45, 7) is 2.06. The van der Waals surface area contributed by atoms with Crippen LogP contribution in [0, 0.1) is 0 Å². The molecule has 1 aliphatic heterocycles. The Hall–Kier alpha value is -1.85. The predicted octanol–water partition coefficient (Wildman–Crippen LogP) is 1.91. The summed E-state index contributed by atoms with van der Waals surface area (Å²) in [6.07, 6.45) is 4.30. The Labute approximate surface area is 125 Å². The number of anilines is 1. The number of benzene rings is 1. The summed E-state index contributed by atoms with van der Waals surface area (Å²) < 4.78 is 11.2. The molecule has 0 unspecified atom stereocenters. The number of hydrogen-bond acceptors (Lipinski definition) is 4. The molecule has 1 aliphatic rings. The summed E-state index contributed by atoms with van der Waals surface area (Å²) >= 11 is 0. The molecule has 114 valence electrons. The van der Waals surface area contributed by atoms with Gasteiger partial charge in [0.05, 0.1) is 18.9 Å². The largest absolute Gasteiger partial charge is 0.486 e. The highest BCUT2D eigenvalue weighted by Gasteiger charge is 2.18. The molecule has 0 spiro atoms. The SMILES string of the molecule is CN(C)CC=CC(=O)Nc1ccccc1O[C@H]1CCOC1. The van der Waals surface area contributed by atoms with Gasteiger partial charge in [-0.1, -0.05) is 18.2 Å². The predicted molar refractivity (Wildman–Crippen MR) is 82.6 cm³/mol. The number of likely N-dealkylation sites (N-methyl/N-ethyl adjacent to an activating group) is 1. The first-order chi connectivity index (χ1) is 10.1. The fourth-order valence-electron chi connectivity index (χ4n) is 2.00. The van der Waals surface area contributed by atoms with Crippen LogP contribution in [0.25, 0.3) is 0 Å². The van der Waals surface area contributed by atoms with Crippen LogP contribution >= 0.6 is 0 Å². The molecule has 2 rings (SSSR count). The van der Waals surface area contributed by atoms with Crippen LogP contribution < -0.4 is 10.1 Å². The molecule has 1 aromatic rings. The molecule has 0 bridgehead atoms. The van der Waals surface area contributed by atoms with Crippen molar-refractivity contribution in [2.24, 2.45) is 0 Å². The Morgan fingerprint density at radius 1 is 1.48 bits per heavy atom. The quantitative estimate of drug-likeness (QED) is 0.813. The third-order valence-electron chi connectivity index (χ3n) is 3.07. The van der Waals surface area contributed by atoms with Gasteiger partial charge in [-0.2, -0.15) is 0 Å². The Kier molecular flexibility index (Phi) is 5.78. The molecule has 5 heteroatoms. The lowest BCUT2D eigenvalue weighted by molar-refractivity contribution is -0.111. The fraction of sp³-hybridized carbons (Fsp3) is 0.438. The van der Waals surface area contributed by atoms with Crippen molar-refractivity contribution in [2.75, 3.05) is 39.2 Å². The lowest BCUT2D eigenvalue weighted by Crippen LogP contribution is -2.18. The molecular formula is C16H22N2O3. The molecule has 1 saturated heterocycles. The first-order valence-corrected chi connectivity index (χ1v) is 7.11. The minimum Gasteiger partial charge on any atom is -0.486 e. The van der Waals surface area contributed by atoms with Crippen molar-refractivity contribution in [3.05, 3.63) is 36.4 Å². The van der Waals surface area contributed by atoms with Crippen LogP contribution in [0.15, 0.2) is 36.4 Å². The Bertz CT molecular complexity index is 494. The van der Waals surface area contributed by atoms with Crippen molar-refractivity contribution >= 4 is 11.6 Å². The maximum Gasteiger partial charge on any atom is 0.248 e. The van der Waals surface area contributed by atoms with Crippen molar-refractivity contribution in [2.45, 2.75) is 12.5 Å². The van der Waals surface area contributed by atoms with E-state index in [-0.39, 0.29) is 12.0 Å². The van der Waals surface area contributed by atoms with Crippen LogP contribution in [-0.2, 0) is 9.53 Å². The number of nitrogens with zero attached hydrogens (tertiary/aromatic N) is 1. The highest BCUT2D eigenvalue weighted by Crippen LogP contribution is 2.26. The minimum absolute atomic E-state index is 0.0623. The van der Waals surface area contributed by atoms with Crippen LogP contribution in [-0.4, -0.2) is 50.8 Å². The Balaban J connectivity index is 1.95. The van der Waals surface area contributed by atoms with E-state index in [1.165, 1.54) is 6.08 Å². The van der Waals surface area contributed by atoms with Gasteiger partial charge >= 0.3 is 0 Å². The van der Waals surface area contributed by atoms with Crippen LogP contribution in [0.4, 0.5) is 5.69 Å². The van der Waals surface area contributed by atoms with E-state index in [2.05, 4.69) is 5.32 Å². The fourth-order valence-corrected chi connectivity index (χ4v) is 2.00. The van der Waals surface area contributed by atoms with Crippen molar-refractivity contribution in [3.63, 3.8) is 0 Å². The van der Waals surface area contributed by atoms with Gasteiger partial charge in [-0.3, -0.25) is 4.79 Å². The summed E-state index contributed by atoms with van der Waals surface area (Å²) in [5, 5.41) is 2.85. The summed E-state index contributed by atoms with van der Waals surface area (Å²) in [4.78, 5) is 13.9. The van der Waals surface area contributed by atoms with Gasteiger partial charge in [0.1, 0.15) is 11.9 Å². The van der Waals surface area contributed by atoms with Gasteiger partial charge in [-0.25, -0.2) is 0 Å². The van der Waals surface area contributed by atoms with Crippen LogP contribution in [0.2, 0.25) is 0 Å². The Morgan fingerprint density at radius 3 is 3.00 bits per heavy atom. The molecule has 1 heterocycles. The molecule has 1 aromatic carbocycles. The van der Waals surface area contributed by atoms with Crippen LogP contribution in [0.5, 0.6) is 5.75 Å². The van der Waals surface area contributed by atoms with E-state index in [9.17, 15) is 4.79 Å². The number of nitrogens with one attached hydrogen (secondary N) is 1. The first kappa shape index (κ1) is 15.5. The van der Waals surface area contributed by atoms with Crippen molar-refractivity contribution < 1.29 is 14.3 Å². The summed E-state index contributed by atoms with van der Waals surface area (Å²) in [6, 6.07) is 7.46. The zero-order chi connectivity index (χ0) is 15.1. The van der Waals surface area contributed by atoms with Gasteiger partial charge in [0.2, 0.25) is 5.91 Å². The van der Waals surface area contributed by atoms with Gasteiger partial charge in [-0.05, 0) is 26.2 Å². The van der Waals surface area contributed by atoms with Crippen molar-refractivity contribution in [3.8, 4) is 5.75 Å². The number of carbonyl (C=O) groups excluding carboxylic acids is 1. The van der Waals surface area contributed by atoms with Gasteiger partial charge in [0.15, 0.2) is 0 Å². The molecule has 0 saturated carbocycles. The lowest BCUT2D eigenvalue weighted by Gasteiger charge is -2.15. The number of hydrogen-bond donors (Lipinski definition) is 1. The van der Waals surface area contributed by atoms with Gasteiger partial charge < -0.3 is 19.7 Å². The van der Waals surface area contributed by atoms with Crippen LogP contribution in [0.3, 0.4) is 0 Å². The summed E-state index contributed by atoms with van der Waals surface area (Å²) in [7, 11) is 3.91. The molecule has 0 aromatic heterocycles. The maximum atomic E-state index is 11.9. The average Bonchev–Trinajstić information content (AvgIpc) is 2.93. The second kappa shape index (κ2) is 7.81. The second-order valence-electron chi connectivity index (χ2n) is 5.25. The zero-order valence-electron chi connectivity index (χ0n) is 12.5. The number of para-hydroxylation sites is 2. The first-order valence-electron chi connectivity index (χ1n) is 7.11. The number of ether oxygens (including phenoxy) is 2. The van der Waals surface area contributed by atoms with E-state index in [0.29, 0.717) is 18.0 Å². The number of rotatable bonds is 6. The molecule has 21 heavy (non-hydrogen) atoms. The maximum absolute atomic E-state index is 11.9. The molecule has 0 aliphatic carbocycles. The smallest absolute Gasteiger partial charge is 0.248 e. The van der Waals surface area contributed by atoms with Gasteiger partial charge in [-0.15, -0.1) is 0 Å². The average molecular weight is 290 g/mol. The summed E-state index contributed by atoms with van der Waals surface area (Å²) in [5.41, 5.74) is 0.684. The second-order valence-corrected chi connectivity index (χ2v) is 5.25. The standard InChI is InChI=1S/C16H22N2O3/c1-18(2)10-5-8-16(19)17-14-6-3-4-7-15(14)21-13-9-11-20-12-13/h3-8,13H,9-12H2,1-2H3,(H,17,19)/t13-/m0/s1. The highest BCUT2D eigenvalue weighted by atomic mass is 16.5.